The van der Waals surface area contributed by atoms with Crippen molar-refractivity contribution >= 4 is 44.9 Å². The maximum absolute atomic E-state index is 2.43. The monoisotopic (exact) mass is 1370 g/mol. The van der Waals surface area contributed by atoms with Crippen molar-refractivity contribution in [2.75, 3.05) is 9.80 Å². The predicted octanol–water partition coefficient (Wildman–Crippen LogP) is 29.8. The van der Waals surface area contributed by atoms with Gasteiger partial charge in [0.1, 0.15) is 0 Å². The first-order chi connectivity index (χ1) is 53.5. The van der Waals surface area contributed by atoms with Gasteiger partial charge in [-0.15, -0.1) is 0 Å². The van der Waals surface area contributed by atoms with Crippen LogP contribution in [0.15, 0.2) is 449 Å². The van der Waals surface area contributed by atoms with Gasteiger partial charge >= 0.3 is 0 Å². The fourth-order valence-corrected chi connectivity index (χ4v) is 15.4. The Labute approximate surface area is 633 Å². The van der Waals surface area contributed by atoms with Crippen LogP contribution in [0.3, 0.4) is 0 Å². The minimum atomic E-state index is 1.07. The maximum atomic E-state index is 2.43. The van der Waals surface area contributed by atoms with E-state index >= 15 is 0 Å². The molecule has 2 nitrogen and oxygen atoms in total. The van der Waals surface area contributed by atoms with Gasteiger partial charge in [0.05, 0.1) is 17.1 Å². The van der Waals surface area contributed by atoms with Crippen molar-refractivity contribution in [3.63, 3.8) is 0 Å². The topological polar surface area (TPSA) is 6.48 Å². The number of benzene rings is 18. The van der Waals surface area contributed by atoms with Crippen LogP contribution in [0, 0.1) is 0 Å². The summed E-state index contributed by atoms with van der Waals surface area (Å²) in [5.74, 6) is 0. The van der Waals surface area contributed by atoms with Gasteiger partial charge in [0.2, 0.25) is 0 Å². The van der Waals surface area contributed by atoms with Gasteiger partial charge in [0.15, 0.2) is 0 Å². The Bertz CT molecular complexity index is 6130. The molecule has 18 rings (SSSR count). The Morgan fingerprint density at radius 3 is 0.824 bits per heavy atom. The van der Waals surface area contributed by atoms with Crippen LogP contribution in [-0.4, -0.2) is 0 Å². The Morgan fingerprint density at radius 1 is 0.120 bits per heavy atom. The second kappa shape index (κ2) is 29.9. The van der Waals surface area contributed by atoms with Crippen molar-refractivity contribution in [3.05, 3.63) is 449 Å². The molecule has 0 aliphatic carbocycles. The summed E-state index contributed by atoms with van der Waals surface area (Å²) in [6, 6.07) is 163. The molecule has 0 radical (unpaired) electrons. The van der Waals surface area contributed by atoms with E-state index in [0.29, 0.717) is 0 Å². The van der Waals surface area contributed by atoms with Crippen LogP contribution in [0.5, 0.6) is 0 Å². The van der Waals surface area contributed by atoms with E-state index in [2.05, 4.69) is 459 Å². The lowest BCUT2D eigenvalue weighted by molar-refractivity contribution is 1.28. The molecule has 0 unspecified atom stereocenters. The molecule has 0 saturated carbocycles. The molecule has 0 saturated heterocycles. The van der Waals surface area contributed by atoms with Gasteiger partial charge in [-0.25, -0.2) is 0 Å². The molecule has 0 spiro atoms. The zero-order valence-electron chi connectivity index (χ0n) is 59.6. The van der Waals surface area contributed by atoms with E-state index in [0.717, 1.165) is 78.6 Å². The first-order valence-electron chi connectivity index (χ1n) is 37.1. The summed E-state index contributed by atoms with van der Waals surface area (Å²) in [6.07, 6.45) is 0. The first kappa shape index (κ1) is 65.8. The lowest BCUT2D eigenvalue weighted by Gasteiger charge is -2.29. The summed E-state index contributed by atoms with van der Waals surface area (Å²) < 4.78 is 0. The van der Waals surface area contributed by atoms with E-state index < -0.39 is 0 Å². The lowest BCUT2D eigenvalue weighted by atomic mass is 9.89. The van der Waals surface area contributed by atoms with Gasteiger partial charge in [-0.2, -0.15) is 0 Å². The molecule has 0 aromatic heterocycles. The smallest absolute Gasteiger partial charge is 0.0540 e. The molecule has 18 aromatic rings. The fraction of sp³-hybridized carbons (Fsp3) is 0. The highest BCUT2D eigenvalue weighted by atomic mass is 15.2. The largest absolute Gasteiger partial charge is 0.310 e. The molecule has 0 amide bonds. The number of hydrogen-bond donors (Lipinski definition) is 0. The first-order valence-corrected chi connectivity index (χ1v) is 37.1. The van der Waals surface area contributed by atoms with Crippen LogP contribution in [0.25, 0.3) is 144 Å². The Kier molecular flexibility index (Phi) is 18.2. The van der Waals surface area contributed by atoms with Crippen molar-refractivity contribution in [1.82, 2.24) is 0 Å². The second-order valence-corrected chi connectivity index (χ2v) is 27.5. The van der Waals surface area contributed by atoms with Crippen molar-refractivity contribution in [2.45, 2.75) is 0 Å². The Hall–Kier alpha value is -14.2. The summed E-state index contributed by atoms with van der Waals surface area (Å²) in [4.78, 5) is 4.82. The third-order valence-corrected chi connectivity index (χ3v) is 21.0. The van der Waals surface area contributed by atoms with E-state index in [9.17, 15) is 0 Å². The highest BCUT2D eigenvalue weighted by molar-refractivity contribution is 6.02. The van der Waals surface area contributed by atoms with E-state index in [1.54, 1.807) is 0 Å². The third kappa shape index (κ3) is 13.5. The molecule has 0 atom stereocenters. The zero-order chi connectivity index (χ0) is 72.0. The van der Waals surface area contributed by atoms with Crippen molar-refractivity contribution in [2.24, 2.45) is 0 Å². The quantitative estimate of drug-likeness (QED) is 0.0845. The highest BCUT2D eigenvalue weighted by Crippen LogP contribution is 2.47. The number of hydrogen-bond acceptors (Lipinski definition) is 2. The van der Waals surface area contributed by atoms with Crippen LogP contribution in [0.1, 0.15) is 0 Å². The number of anilines is 6. The molecule has 2 heteroatoms. The van der Waals surface area contributed by atoms with Crippen LogP contribution in [0.4, 0.5) is 34.1 Å². The highest BCUT2D eigenvalue weighted by Gasteiger charge is 2.22. The molecule has 0 fully saturated rings. The molecule has 18 aromatic carbocycles. The van der Waals surface area contributed by atoms with E-state index in [1.807, 2.05) is 0 Å². The minimum Gasteiger partial charge on any atom is -0.310 e. The number of rotatable bonds is 18. The molecule has 0 N–H and O–H groups in total. The molecule has 508 valence electrons. The standard InChI is InChI=1S/C106H74N2/c1-6-24-75(25-7-1)76-52-54-89(55-53-76)101-40-19-21-42-105(101)108(106-43-23-35-86-34-16-17-38-100(86)106)96-68-60-83(61-69-96)92-63-71-98(103(74-92)88-32-14-5-15-33-88)93-37-22-36-90(72-93)81-50-48-78(49-51-81)77-44-46-79(47-45-77)80-56-64-94(65-57-80)107(104-41-20-18-39-99(104)85-28-10-3-11-29-85)95-66-58-82(59-67-95)91-62-70-97(84-26-8-2-9-27-84)102(73-91)87-30-12-4-13-31-87/h1-74H. The van der Waals surface area contributed by atoms with Gasteiger partial charge in [-0.3, -0.25) is 0 Å². The molecule has 108 heavy (non-hydrogen) atoms. The molecular formula is C106H74N2. The fourth-order valence-electron chi connectivity index (χ4n) is 15.4. The van der Waals surface area contributed by atoms with Gasteiger partial charge in [0, 0.05) is 33.6 Å². The summed E-state index contributed by atoms with van der Waals surface area (Å²) >= 11 is 0. The second-order valence-electron chi connectivity index (χ2n) is 27.5. The third-order valence-electron chi connectivity index (χ3n) is 21.0. The normalized spacial score (nSPS) is 11.1. The van der Waals surface area contributed by atoms with Gasteiger partial charge in [0.25, 0.3) is 0 Å². The van der Waals surface area contributed by atoms with E-state index in [4.69, 9.17) is 0 Å². The summed E-state index contributed by atoms with van der Waals surface area (Å²) in [5.41, 5.74) is 34.7. The summed E-state index contributed by atoms with van der Waals surface area (Å²) in [5, 5.41) is 2.38. The molecule has 0 aliphatic heterocycles. The average molecular weight is 1380 g/mol. The van der Waals surface area contributed by atoms with Crippen molar-refractivity contribution in [1.29, 1.82) is 0 Å². The van der Waals surface area contributed by atoms with E-state index in [-0.39, 0.29) is 0 Å². The van der Waals surface area contributed by atoms with Gasteiger partial charge < -0.3 is 9.80 Å². The van der Waals surface area contributed by atoms with Crippen LogP contribution in [0.2, 0.25) is 0 Å². The van der Waals surface area contributed by atoms with Gasteiger partial charge in [-0.05, 0) is 201 Å². The van der Waals surface area contributed by atoms with Crippen molar-refractivity contribution < 1.29 is 0 Å². The van der Waals surface area contributed by atoms with Crippen LogP contribution in [-0.2, 0) is 0 Å². The van der Waals surface area contributed by atoms with Crippen LogP contribution < -0.4 is 9.80 Å². The SMILES string of the molecule is c1ccc(-c2ccc(-c3ccccc3N(c3ccc(-c4ccc(-c5cccc(-c6ccc(-c7ccc(-c8ccc(N(c9ccc(-c%10ccc(-c%11ccccc%11)c(-c%11ccccc%11)c%10)cc9)c9ccccc9-c9ccccc9)cc8)cc7)cc6)c5)c(-c5ccccc5)c4)cc3)c3cccc4ccccc34)cc2)cc1. The summed E-state index contributed by atoms with van der Waals surface area (Å²) in [7, 11) is 0. The van der Waals surface area contributed by atoms with Crippen molar-refractivity contribution in [3.8, 4) is 134 Å². The summed E-state index contributed by atoms with van der Waals surface area (Å²) in [6.45, 7) is 0. The number of para-hydroxylation sites is 2. The number of nitrogens with zero attached hydrogens (tertiary/aromatic N) is 2. The zero-order valence-corrected chi connectivity index (χ0v) is 59.6. The van der Waals surface area contributed by atoms with Gasteiger partial charge in [-0.1, -0.05) is 376 Å². The Morgan fingerprint density at radius 2 is 0.370 bits per heavy atom. The minimum absolute atomic E-state index is 1.07. The average Bonchev–Trinajstić information content (AvgIpc) is 0.773. The molecule has 0 aliphatic rings. The number of fused-ring (bicyclic) bond motifs is 1. The predicted molar refractivity (Wildman–Crippen MR) is 459 cm³/mol. The lowest BCUT2D eigenvalue weighted by Crippen LogP contribution is -2.11. The molecule has 0 bridgehead atoms. The maximum Gasteiger partial charge on any atom is 0.0540 e. The molecule has 0 heterocycles. The Balaban J connectivity index is 0.603. The molecular weight excluding hydrogens is 1300 g/mol. The van der Waals surface area contributed by atoms with E-state index in [1.165, 1.54) is 99.8 Å². The van der Waals surface area contributed by atoms with Crippen LogP contribution >= 0.6 is 0 Å².